The zero-order chi connectivity index (χ0) is 22.2. The van der Waals surface area contributed by atoms with Gasteiger partial charge in [-0.25, -0.2) is 0 Å². The number of anilines is 1. The monoisotopic (exact) mass is 437 g/mol. The molecule has 6 heteroatoms. The Labute approximate surface area is 186 Å². The number of amides is 1. The summed E-state index contributed by atoms with van der Waals surface area (Å²) in [5.41, 5.74) is 3.04. The molecule has 3 atom stereocenters. The number of aliphatic hydroxyl groups is 3. The number of hydrogen-bond donors (Lipinski definition) is 4. The second kappa shape index (κ2) is 11.1. The summed E-state index contributed by atoms with van der Waals surface area (Å²) in [5.74, 6) is -0.236. The molecule has 0 heterocycles. The minimum atomic E-state index is -0.895. The van der Waals surface area contributed by atoms with Crippen molar-refractivity contribution in [2.75, 3.05) is 11.1 Å². The van der Waals surface area contributed by atoms with Gasteiger partial charge in [0.2, 0.25) is 5.91 Å². The molecule has 0 aliphatic carbocycles. The minimum absolute atomic E-state index is 0.0571. The second-order valence-electron chi connectivity index (χ2n) is 7.36. The van der Waals surface area contributed by atoms with Crippen molar-refractivity contribution in [3.8, 4) is 0 Å². The van der Waals surface area contributed by atoms with Crippen molar-refractivity contribution in [2.45, 2.75) is 36.6 Å². The van der Waals surface area contributed by atoms with Gasteiger partial charge in [0.15, 0.2) is 0 Å². The molecule has 0 spiro atoms. The summed E-state index contributed by atoms with van der Waals surface area (Å²) >= 11 is 1.49. The smallest absolute Gasteiger partial charge is 0.221 e. The van der Waals surface area contributed by atoms with E-state index < -0.39 is 18.1 Å². The topological polar surface area (TPSA) is 89.8 Å². The van der Waals surface area contributed by atoms with E-state index in [4.69, 9.17) is 0 Å². The molecule has 0 aromatic heterocycles. The fraction of sp³-hybridized carbons (Fsp3) is 0.240. The summed E-state index contributed by atoms with van der Waals surface area (Å²) in [4.78, 5) is 12.1. The Kier molecular flexibility index (Phi) is 8.26. The highest BCUT2D eigenvalue weighted by Gasteiger charge is 2.29. The SMILES string of the molecule is CC(=O)Nc1ccc(SC[C@@H](O)[C@@H](c2ccccc2)[C@@H](O)c2ccc(CO)cc2)cc1. The Morgan fingerprint density at radius 3 is 2.13 bits per heavy atom. The lowest BCUT2D eigenvalue weighted by Crippen LogP contribution is -2.27. The molecule has 0 unspecified atom stereocenters. The maximum absolute atomic E-state index is 11.2. The summed E-state index contributed by atoms with van der Waals surface area (Å²) < 4.78 is 0. The van der Waals surface area contributed by atoms with Crippen LogP contribution in [-0.2, 0) is 11.4 Å². The highest BCUT2D eigenvalue weighted by Crippen LogP contribution is 2.36. The number of carbonyl (C=O) groups excluding carboxylic acids is 1. The van der Waals surface area contributed by atoms with Crippen LogP contribution in [0.1, 0.15) is 35.6 Å². The zero-order valence-electron chi connectivity index (χ0n) is 17.3. The van der Waals surface area contributed by atoms with Gasteiger partial charge in [0, 0.05) is 29.2 Å². The normalized spacial score (nSPS) is 13.9. The quantitative estimate of drug-likeness (QED) is 0.378. The number of aliphatic hydroxyl groups excluding tert-OH is 3. The van der Waals surface area contributed by atoms with Crippen LogP contribution in [0.2, 0.25) is 0 Å². The highest BCUT2D eigenvalue weighted by molar-refractivity contribution is 7.99. The van der Waals surface area contributed by atoms with Crippen LogP contribution in [0.4, 0.5) is 5.69 Å². The number of rotatable bonds is 9. The van der Waals surface area contributed by atoms with Crippen LogP contribution in [0.25, 0.3) is 0 Å². The van der Waals surface area contributed by atoms with Crippen LogP contribution in [0.3, 0.4) is 0 Å². The van der Waals surface area contributed by atoms with Gasteiger partial charge in [-0.1, -0.05) is 54.6 Å². The fourth-order valence-corrected chi connectivity index (χ4v) is 4.34. The van der Waals surface area contributed by atoms with Gasteiger partial charge in [0.1, 0.15) is 0 Å². The summed E-state index contributed by atoms with van der Waals surface area (Å²) in [6.07, 6.45) is -1.69. The number of thioether (sulfide) groups is 1. The molecule has 0 aliphatic rings. The Hall–Kier alpha value is -2.64. The summed E-state index contributed by atoms with van der Waals surface area (Å²) in [5, 5.41) is 34.2. The van der Waals surface area contributed by atoms with E-state index in [-0.39, 0.29) is 12.5 Å². The van der Waals surface area contributed by atoms with Gasteiger partial charge < -0.3 is 20.6 Å². The molecule has 0 aliphatic heterocycles. The van der Waals surface area contributed by atoms with E-state index >= 15 is 0 Å². The molecule has 31 heavy (non-hydrogen) atoms. The predicted octanol–water partition coefficient (Wildman–Crippen LogP) is 4.11. The molecular formula is C25H27NO4S. The van der Waals surface area contributed by atoms with Gasteiger partial charge in [0.25, 0.3) is 0 Å². The first kappa shape index (κ1) is 23.0. The van der Waals surface area contributed by atoms with Gasteiger partial charge >= 0.3 is 0 Å². The molecule has 4 N–H and O–H groups in total. The van der Waals surface area contributed by atoms with E-state index in [1.54, 1.807) is 24.3 Å². The Morgan fingerprint density at radius 1 is 0.903 bits per heavy atom. The standard InChI is InChI=1S/C25H27NO4S/c1-17(28)26-21-11-13-22(14-12-21)31-16-23(29)24(19-5-3-2-4-6-19)25(30)20-9-7-18(15-27)8-10-20/h2-14,23-25,27,29-30H,15-16H2,1H3,(H,26,28)/t23-,24-,25+/m1/s1. The van der Waals surface area contributed by atoms with Gasteiger partial charge in [-0.3, -0.25) is 4.79 Å². The predicted molar refractivity (Wildman–Crippen MR) is 124 cm³/mol. The van der Waals surface area contributed by atoms with Gasteiger partial charge in [-0.2, -0.15) is 0 Å². The lowest BCUT2D eigenvalue weighted by atomic mass is 9.85. The number of benzene rings is 3. The van der Waals surface area contributed by atoms with E-state index in [2.05, 4.69) is 5.32 Å². The van der Waals surface area contributed by atoms with Crippen molar-refractivity contribution >= 4 is 23.4 Å². The minimum Gasteiger partial charge on any atom is -0.392 e. The summed E-state index contributed by atoms with van der Waals surface area (Å²) in [7, 11) is 0. The molecule has 5 nitrogen and oxygen atoms in total. The molecule has 0 saturated carbocycles. The largest absolute Gasteiger partial charge is 0.392 e. The van der Waals surface area contributed by atoms with Crippen molar-refractivity contribution in [1.82, 2.24) is 0 Å². The zero-order valence-corrected chi connectivity index (χ0v) is 18.1. The third-order valence-electron chi connectivity index (χ3n) is 5.04. The van der Waals surface area contributed by atoms with Crippen molar-refractivity contribution in [3.05, 3.63) is 95.6 Å². The van der Waals surface area contributed by atoms with Crippen molar-refractivity contribution in [3.63, 3.8) is 0 Å². The maximum atomic E-state index is 11.2. The van der Waals surface area contributed by atoms with Crippen LogP contribution < -0.4 is 5.32 Å². The second-order valence-corrected chi connectivity index (χ2v) is 8.46. The third kappa shape index (κ3) is 6.42. The van der Waals surface area contributed by atoms with E-state index in [1.807, 2.05) is 54.6 Å². The first-order chi connectivity index (χ1) is 15.0. The first-order valence-corrected chi connectivity index (χ1v) is 11.1. The number of nitrogens with one attached hydrogen (secondary N) is 1. The van der Waals surface area contributed by atoms with E-state index in [9.17, 15) is 20.1 Å². The van der Waals surface area contributed by atoms with Crippen LogP contribution >= 0.6 is 11.8 Å². The van der Waals surface area contributed by atoms with Crippen LogP contribution in [0.5, 0.6) is 0 Å². The Balaban J connectivity index is 1.74. The van der Waals surface area contributed by atoms with Gasteiger partial charge in [0.05, 0.1) is 18.8 Å². The van der Waals surface area contributed by atoms with Gasteiger partial charge in [-0.15, -0.1) is 11.8 Å². The molecule has 0 fully saturated rings. The highest BCUT2D eigenvalue weighted by atomic mass is 32.2. The molecular weight excluding hydrogens is 410 g/mol. The average molecular weight is 438 g/mol. The number of carbonyl (C=O) groups is 1. The number of hydrogen-bond acceptors (Lipinski definition) is 5. The van der Waals surface area contributed by atoms with Crippen molar-refractivity contribution in [2.24, 2.45) is 0 Å². The Bertz CT molecular complexity index is 961. The fourth-order valence-electron chi connectivity index (χ4n) is 3.44. The van der Waals surface area contributed by atoms with E-state index in [0.29, 0.717) is 11.3 Å². The van der Waals surface area contributed by atoms with E-state index in [1.165, 1.54) is 18.7 Å². The van der Waals surface area contributed by atoms with Crippen molar-refractivity contribution < 1.29 is 20.1 Å². The molecule has 0 radical (unpaired) electrons. The first-order valence-electron chi connectivity index (χ1n) is 10.1. The lowest BCUT2D eigenvalue weighted by Gasteiger charge is -2.28. The molecule has 0 saturated heterocycles. The third-order valence-corrected chi connectivity index (χ3v) is 6.15. The molecule has 0 bridgehead atoms. The summed E-state index contributed by atoms with van der Waals surface area (Å²) in [6.45, 7) is 1.41. The lowest BCUT2D eigenvalue weighted by molar-refractivity contribution is -0.114. The maximum Gasteiger partial charge on any atom is 0.221 e. The van der Waals surface area contributed by atoms with Crippen LogP contribution in [-0.4, -0.2) is 33.1 Å². The molecule has 162 valence electrons. The molecule has 3 aromatic carbocycles. The van der Waals surface area contributed by atoms with Crippen molar-refractivity contribution in [1.29, 1.82) is 0 Å². The van der Waals surface area contributed by atoms with E-state index in [0.717, 1.165) is 21.7 Å². The molecule has 3 aromatic rings. The average Bonchev–Trinajstić information content (AvgIpc) is 2.79. The molecule has 3 rings (SSSR count). The molecule has 1 amide bonds. The summed E-state index contributed by atoms with van der Waals surface area (Å²) in [6, 6.07) is 24.1. The van der Waals surface area contributed by atoms with Gasteiger partial charge in [-0.05, 0) is 41.0 Å². The van der Waals surface area contributed by atoms with Crippen LogP contribution in [0, 0.1) is 0 Å². The van der Waals surface area contributed by atoms with Crippen LogP contribution in [0.15, 0.2) is 83.8 Å². The Morgan fingerprint density at radius 2 is 1.55 bits per heavy atom.